The number of fused-ring (bicyclic) bond motifs is 1. The van der Waals surface area contributed by atoms with Gasteiger partial charge < -0.3 is 5.73 Å². The summed E-state index contributed by atoms with van der Waals surface area (Å²) >= 11 is 0. The van der Waals surface area contributed by atoms with Crippen LogP contribution in [0, 0.1) is 12.7 Å². The van der Waals surface area contributed by atoms with E-state index in [1.807, 2.05) is 12.1 Å². The Balaban J connectivity index is 2.11. The van der Waals surface area contributed by atoms with Crippen LogP contribution in [0.3, 0.4) is 0 Å². The summed E-state index contributed by atoms with van der Waals surface area (Å²) in [7, 11) is -3.73. The second-order valence-electron chi connectivity index (χ2n) is 5.10. The smallest absolute Gasteiger partial charge is 0.264 e. The normalized spacial score (nSPS) is 14.3. The van der Waals surface area contributed by atoms with Crippen molar-refractivity contribution in [2.75, 3.05) is 16.6 Å². The first-order valence-electron chi connectivity index (χ1n) is 6.57. The number of para-hydroxylation sites is 1. The molecule has 0 saturated heterocycles. The van der Waals surface area contributed by atoms with Crippen molar-refractivity contribution in [2.24, 2.45) is 0 Å². The maximum Gasteiger partial charge on any atom is 0.264 e. The number of nitrogens with two attached hydrogens (primary N) is 1. The average molecular weight is 306 g/mol. The number of benzene rings is 2. The third-order valence-corrected chi connectivity index (χ3v) is 5.48. The number of nitrogens with zero attached hydrogens (tertiary/aromatic N) is 1. The Morgan fingerprint density at radius 1 is 1.24 bits per heavy atom. The van der Waals surface area contributed by atoms with Gasteiger partial charge in [0.1, 0.15) is 5.82 Å². The van der Waals surface area contributed by atoms with E-state index >= 15 is 0 Å². The number of aryl methyl sites for hydroxylation is 1. The van der Waals surface area contributed by atoms with Crippen LogP contribution in [0.5, 0.6) is 0 Å². The molecule has 0 bridgehead atoms. The quantitative estimate of drug-likeness (QED) is 0.867. The summed E-state index contributed by atoms with van der Waals surface area (Å²) in [5, 5.41) is 0. The van der Waals surface area contributed by atoms with Gasteiger partial charge in [-0.1, -0.05) is 18.2 Å². The van der Waals surface area contributed by atoms with Gasteiger partial charge in [0, 0.05) is 6.54 Å². The Kier molecular flexibility index (Phi) is 3.13. The van der Waals surface area contributed by atoms with Crippen molar-refractivity contribution in [2.45, 2.75) is 18.2 Å². The molecule has 2 aromatic carbocycles. The molecular weight excluding hydrogens is 291 g/mol. The van der Waals surface area contributed by atoms with Gasteiger partial charge in [-0.15, -0.1) is 0 Å². The highest BCUT2D eigenvalue weighted by molar-refractivity contribution is 7.92. The minimum Gasteiger partial charge on any atom is -0.396 e. The first-order chi connectivity index (χ1) is 9.91. The van der Waals surface area contributed by atoms with Crippen molar-refractivity contribution in [3.05, 3.63) is 53.3 Å². The highest BCUT2D eigenvalue weighted by Gasteiger charge is 2.31. The van der Waals surface area contributed by atoms with Crippen molar-refractivity contribution < 1.29 is 12.8 Å². The minimum absolute atomic E-state index is 0.0237. The second kappa shape index (κ2) is 4.73. The maximum absolute atomic E-state index is 13.6. The minimum atomic E-state index is -3.73. The van der Waals surface area contributed by atoms with Crippen molar-refractivity contribution in [1.29, 1.82) is 0 Å². The fraction of sp³-hybridized carbons (Fsp3) is 0.200. The lowest BCUT2D eigenvalue weighted by molar-refractivity contribution is 0.590. The largest absolute Gasteiger partial charge is 0.396 e. The molecule has 1 heterocycles. The highest BCUT2D eigenvalue weighted by atomic mass is 32.2. The number of anilines is 2. The van der Waals surface area contributed by atoms with Crippen LogP contribution in [0.15, 0.2) is 41.3 Å². The number of halogens is 1. The molecular formula is C15H15FN2O2S. The van der Waals surface area contributed by atoms with Gasteiger partial charge in [-0.05, 0) is 42.7 Å². The molecule has 0 unspecified atom stereocenters. The van der Waals surface area contributed by atoms with Gasteiger partial charge in [-0.3, -0.25) is 4.31 Å². The van der Waals surface area contributed by atoms with E-state index in [0.29, 0.717) is 18.7 Å². The predicted molar refractivity (Wildman–Crippen MR) is 80.2 cm³/mol. The van der Waals surface area contributed by atoms with Crippen molar-refractivity contribution >= 4 is 21.4 Å². The summed E-state index contributed by atoms with van der Waals surface area (Å²) in [6, 6.07) is 9.88. The number of sulfonamides is 1. The molecule has 3 rings (SSSR count). The highest BCUT2D eigenvalue weighted by Crippen LogP contribution is 2.33. The summed E-state index contributed by atoms with van der Waals surface area (Å²) in [5.41, 5.74) is 7.30. The van der Waals surface area contributed by atoms with Gasteiger partial charge in [0.2, 0.25) is 0 Å². The van der Waals surface area contributed by atoms with E-state index in [1.165, 1.54) is 23.4 Å². The fourth-order valence-electron chi connectivity index (χ4n) is 2.60. The molecule has 4 nitrogen and oxygen atoms in total. The standard InChI is InChI=1S/C15H15FN2O2S/c1-10-8-12(9-13(17)15(10)16)21(19,20)18-7-6-11-4-2-3-5-14(11)18/h2-5,8-9H,6-7,17H2,1H3. The number of hydrogen-bond acceptors (Lipinski definition) is 3. The van der Waals surface area contributed by atoms with Gasteiger partial charge in [0.05, 0.1) is 16.3 Å². The molecule has 21 heavy (non-hydrogen) atoms. The summed E-state index contributed by atoms with van der Waals surface area (Å²) in [5.74, 6) is -0.573. The number of nitrogen functional groups attached to an aromatic ring is 1. The third kappa shape index (κ3) is 2.15. The van der Waals surface area contributed by atoms with E-state index in [-0.39, 0.29) is 16.1 Å². The van der Waals surface area contributed by atoms with E-state index in [1.54, 1.807) is 12.1 Å². The van der Waals surface area contributed by atoms with Crippen molar-refractivity contribution in [3.63, 3.8) is 0 Å². The monoisotopic (exact) mass is 306 g/mol. The van der Waals surface area contributed by atoms with Crippen LogP contribution in [0.4, 0.5) is 15.8 Å². The van der Waals surface area contributed by atoms with Crippen molar-refractivity contribution in [1.82, 2.24) is 0 Å². The lowest BCUT2D eigenvalue weighted by Gasteiger charge is -2.20. The lowest BCUT2D eigenvalue weighted by Crippen LogP contribution is -2.29. The van der Waals surface area contributed by atoms with E-state index in [9.17, 15) is 12.8 Å². The summed E-state index contributed by atoms with van der Waals surface area (Å²) in [6.07, 6.45) is 0.672. The molecule has 2 N–H and O–H groups in total. The zero-order valence-electron chi connectivity index (χ0n) is 11.5. The fourth-order valence-corrected chi connectivity index (χ4v) is 4.22. The molecule has 0 aromatic heterocycles. The topological polar surface area (TPSA) is 63.4 Å². The number of hydrogen-bond donors (Lipinski definition) is 1. The molecule has 1 aliphatic heterocycles. The summed E-state index contributed by atoms with van der Waals surface area (Å²) in [6.45, 7) is 1.89. The second-order valence-corrected chi connectivity index (χ2v) is 6.96. The predicted octanol–water partition coefficient (Wildman–Crippen LogP) is 2.47. The van der Waals surface area contributed by atoms with E-state index in [4.69, 9.17) is 5.73 Å². The third-order valence-electron chi connectivity index (χ3n) is 3.69. The Hall–Kier alpha value is -2.08. The lowest BCUT2D eigenvalue weighted by atomic mass is 10.2. The van der Waals surface area contributed by atoms with Gasteiger partial charge in [-0.2, -0.15) is 0 Å². The molecule has 0 spiro atoms. The van der Waals surface area contributed by atoms with Gasteiger partial charge in [0.25, 0.3) is 10.0 Å². The zero-order chi connectivity index (χ0) is 15.2. The molecule has 6 heteroatoms. The van der Waals surface area contributed by atoms with E-state index in [2.05, 4.69) is 0 Å². The van der Waals surface area contributed by atoms with Crippen LogP contribution in [0.2, 0.25) is 0 Å². The molecule has 2 aromatic rings. The zero-order valence-corrected chi connectivity index (χ0v) is 12.3. The van der Waals surface area contributed by atoms with Crippen LogP contribution < -0.4 is 10.0 Å². The molecule has 0 saturated carbocycles. The van der Waals surface area contributed by atoms with Gasteiger partial charge in [-0.25, -0.2) is 12.8 Å². The van der Waals surface area contributed by atoms with E-state index in [0.717, 1.165) is 5.56 Å². The van der Waals surface area contributed by atoms with Gasteiger partial charge in [0.15, 0.2) is 0 Å². The van der Waals surface area contributed by atoms with Crippen LogP contribution in [-0.2, 0) is 16.4 Å². The first-order valence-corrected chi connectivity index (χ1v) is 8.01. The average Bonchev–Trinajstić information content (AvgIpc) is 2.88. The number of rotatable bonds is 2. The Bertz CT molecular complexity index is 795. The van der Waals surface area contributed by atoms with Crippen LogP contribution in [0.25, 0.3) is 0 Å². The van der Waals surface area contributed by atoms with Crippen LogP contribution >= 0.6 is 0 Å². The molecule has 0 fully saturated rings. The summed E-state index contributed by atoms with van der Waals surface area (Å²) in [4.78, 5) is 0.0237. The van der Waals surface area contributed by atoms with Crippen LogP contribution in [0.1, 0.15) is 11.1 Å². The SMILES string of the molecule is Cc1cc(S(=O)(=O)N2CCc3ccccc32)cc(N)c1F. The first kappa shape index (κ1) is 13.9. The van der Waals surface area contributed by atoms with Crippen LogP contribution in [-0.4, -0.2) is 15.0 Å². The molecule has 0 atom stereocenters. The summed E-state index contributed by atoms with van der Waals surface area (Å²) < 4.78 is 40.5. The Morgan fingerprint density at radius 3 is 2.67 bits per heavy atom. The molecule has 0 aliphatic carbocycles. The Labute approximate surface area is 123 Å². The van der Waals surface area contributed by atoms with E-state index < -0.39 is 15.8 Å². The molecule has 0 radical (unpaired) electrons. The Morgan fingerprint density at radius 2 is 1.95 bits per heavy atom. The van der Waals surface area contributed by atoms with Gasteiger partial charge >= 0.3 is 0 Å². The molecule has 0 amide bonds. The molecule has 1 aliphatic rings. The van der Waals surface area contributed by atoms with Crippen molar-refractivity contribution in [3.8, 4) is 0 Å². The molecule has 110 valence electrons. The maximum atomic E-state index is 13.6.